The van der Waals surface area contributed by atoms with E-state index >= 15 is 0 Å². The van der Waals surface area contributed by atoms with Crippen LogP contribution in [0.5, 0.6) is 0 Å². The van der Waals surface area contributed by atoms with Crippen molar-refractivity contribution in [2.45, 2.75) is 58.4 Å². The number of carbonyl (C=O) groups excluding carboxylic acids is 2. The third-order valence-corrected chi connectivity index (χ3v) is 5.69. The number of nitrogens with zero attached hydrogens (tertiary/aromatic N) is 3. The standard InChI is InChI=1S/C22H28N4O2/c1-2-3-13-23-21(27)20-24-19(18-12-6-7-14-25(18)20)22(28)26-15-8-10-16-9-4-5-11-17(16)26/h4-5,9,11H,2-3,6-8,10,12-15H2,1H3,(H,23,27). The molecule has 2 amide bonds. The van der Waals surface area contributed by atoms with Crippen molar-refractivity contribution in [3.63, 3.8) is 0 Å². The molecule has 0 bridgehead atoms. The fourth-order valence-electron chi connectivity index (χ4n) is 4.22. The summed E-state index contributed by atoms with van der Waals surface area (Å²) in [4.78, 5) is 32.6. The summed E-state index contributed by atoms with van der Waals surface area (Å²) in [6.07, 6.45) is 6.74. The highest BCUT2D eigenvalue weighted by molar-refractivity contribution is 6.07. The van der Waals surface area contributed by atoms with Gasteiger partial charge in [-0.05, 0) is 50.2 Å². The van der Waals surface area contributed by atoms with E-state index in [2.05, 4.69) is 23.3 Å². The number of fused-ring (bicyclic) bond motifs is 2. The van der Waals surface area contributed by atoms with Crippen LogP contribution in [0.3, 0.4) is 0 Å². The SMILES string of the molecule is CCCCNC(=O)c1nc(C(=O)N2CCCc3ccccc32)c2n1CCCC2. The van der Waals surface area contributed by atoms with Gasteiger partial charge in [-0.3, -0.25) is 9.59 Å². The minimum absolute atomic E-state index is 0.0783. The largest absolute Gasteiger partial charge is 0.349 e. The smallest absolute Gasteiger partial charge is 0.287 e. The molecule has 2 aliphatic heterocycles. The summed E-state index contributed by atoms with van der Waals surface area (Å²) in [5.41, 5.74) is 3.55. The highest BCUT2D eigenvalue weighted by Crippen LogP contribution is 2.30. The Bertz CT molecular complexity index is 887. The number of unbranched alkanes of at least 4 members (excludes halogenated alkanes) is 1. The first-order valence-corrected chi connectivity index (χ1v) is 10.5. The van der Waals surface area contributed by atoms with Crippen molar-refractivity contribution < 1.29 is 9.59 Å². The minimum atomic E-state index is -0.172. The number of para-hydroxylation sites is 1. The first kappa shape index (κ1) is 18.7. The average molecular weight is 380 g/mol. The number of benzene rings is 1. The Kier molecular flexibility index (Phi) is 5.46. The van der Waals surface area contributed by atoms with Gasteiger partial charge in [-0.25, -0.2) is 4.98 Å². The van der Waals surface area contributed by atoms with Crippen LogP contribution < -0.4 is 10.2 Å². The number of rotatable bonds is 5. The molecule has 0 radical (unpaired) electrons. The van der Waals surface area contributed by atoms with Gasteiger partial charge in [-0.1, -0.05) is 31.5 Å². The van der Waals surface area contributed by atoms with E-state index in [-0.39, 0.29) is 11.8 Å². The number of aromatic nitrogens is 2. The van der Waals surface area contributed by atoms with Crippen molar-refractivity contribution >= 4 is 17.5 Å². The van der Waals surface area contributed by atoms with E-state index in [1.165, 1.54) is 5.56 Å². The number of nitrogens with one attached hydrogen (secondary N) is 1. The molecule has 0 saturated heterocycles. The van der Waals surface area contributed by atoms with Crippen molar-refractivity contribution in [3.8, 4) is 0 Å². The van der Waals surface area contributed by atoms with Gasteiger partial charge in [0.05, 0.1) is 5.69 Å². The summed E-state index contributed by atoms with van der Waals surface area (Å²) >= 11 is 0. The molecule has 6 nitrogen and oxygen atoms in total. The normalized spacial score (nSPS) is 15.7. The number of amides is 2. The van der Waals surface area contributed by atoms with Crippen LogP contribution in [0, 0.1) is 0 Å². The van der Waals surface area contributed by atoms with Gasteiger partial charge in [-0.15, -0.1) is 0 Å². The summed E-state index contributed by atoms with van der Waals surface area (Å²) in [6, 6.07) is 8.08. The summed E-state index contributed by atoms with van der Waals surface area (Å²) in [5, 5.41) is 2.95. The Labute approximate surface area is 165 Å². The zero-order valence-corrected chi connectivity index (χ0v) is 16.5. The molecule has 1 N–H and O–H groups in total. The van der Waals surface area contributed by atoms with Gasteiger partial charge in [0.15, 0.2) is 11.5 Å². The zero-order valence-electron chi connectivity index (χ0n) is 16.5. The predicted molar refractivity (Wildman–Crippen MR) is 109 cm³/mol. The molecular formula is C22H28N4O2. The second-order valence-corrected chi connectivity index (χ2v) is 7.64. The summed E-state index contributed by atoms with van der Waals surface area (Å²) < 4.78 is 1.97. The molecule has 1 aromatic carbocycles. The molecule has 0 unspecified atom stereocenters. The van der Waals surface area contributed by atoms with E-state index in [4.69, 9.17) is 0 Å². The van der Waals surface area contributed by atoms with Gasteiger partial charge in [0.1, 0.15) is 0 Å². The van der Waals surface area contributed by atoms with Gasteiger partial charge in [0, 0.05) is 25.3 Å². The van der Waals surface area contributed by atoms with Gasteiger partial charge in [0.2, 0.25) is 0 Å². The Morgan fingerprint density at radius 1 is 1.11 bits per heavy atom. The third kappa shape index (κ3) is 3.43. The second-order valence-electron chi connectivity index (χ2n) is 7.64. The van der Waals surface area contributed by atoms with E-state index in [0.717, 1.165) is 62.9 Å². The maximum absolute atomic E-state index is 13.4. The van der Waals surface area contributed by atoms with Gasteiger partial charge >= 0.3 is 0 Å². The van der Waals surface area contributed by atoms with Crippen molar-refractivity contribution in [1.82, 2.24) is 14.9 Å². The fourth-order valence-corrected chi connectivity index (χ4v) is 4.22. The molecule has 4 rings (SSSR count). The maximum atomic E-state index is 13.4. The molecule has 0 saturated carbocycles. The number of imidazole rings is 1. The van der Waals surface area contributed by atoms with Crippen LogP contribution in [0.2, 0.25) is 0 Å². The number of hydrogen-bond acceptors (Lipinski definition) is 3. The summed E-state index contributed by atoms with van der Waals surface area (Å²) in [7, 11) is 0. The van der Waals surface area contributed by atoms with Crippen LogP contribution in [-0.4, -0.2) is 34.5 Å². The van der Waals surface area contributed by atoms with Gasteiger partial charge in [-0.2, -0.15) is 0 Å². The van der Waals surface area contributed by atoms with Crippen molar-refractivity contribution in [3.05, 3.63) is 47.0 Å². The van der Waals surface area contributed by atoms with Crippen LogP contribution in [0.1, 0.15) is 71.4 Å². The van der Waals surface area contributed by atoms with Gasteiger partial charge in [0.25, 0.3) is 11.8 Å². The van der Waals surface area contributed by atoms with E-state index in [0.29, 0.717) is 24.6 Å². The highest BCUT2D eigenvalue weighted by atomic mass is 16.2. The lowest BCUT2D eigenvalue weighted by molar-refractivity contribution is 0.0937. The molecule has 2 aromatic rings. The van der Waals surface area contributed by atoms with Crippen molar-refractivity contribution in [2.75, 3.05) is 18.0 Å². The van der Waals surface area contributed by atoms with Crippen LogP contribution in [0.25, 0.3) is 0 Å². The highest BCUT2D eigenvalue weighted by Gasteiger charge is 2.31. The van der Waals surface area contributed by atoms with Crippen molar-refractivity contribution in [1.29, 1.82) is 0 Å². The average Bonchev–Trinajstić information content (AvgIpc) is 3.13. The molecule has 0 spiro atoms. The molecule has 0 atom stereocenters. The van der Waals surface area contributed by atoms with Gasteiger partial charge < -0.3 is 14.8 Å². The van der Waals surface area contributed by atoms with Crippen LogP contribution in [0.15, 0.2) is 24.3 Å². The lowest BCUT2D eigenvalue weighted by Gasteiger charge is -2.29. The minimum Gasteiger partial charge on any atom is -0.349 e. The number of hydrogen-bond donors (Lipinski definition) is 1. The maximum Gasteiger partial charge on any atom is 0.287 e. The Morgan fingerprint density at radius 3 is 2.82 bits per heavy atom. The Hall–Kier alpha value is -2.63. The Morgan fingerprint density at radius 2 is 1.96 bits per heavy atom. The molecule has 3 heterocycles. The zero-order chi connectivity index (χ0) is 19.5. The van der Waals surface area contributed by atoms with E-state index in [1.807, 2.05) is 27.7 Å². The van der Waals surface area contributed by atoms with E-state index < -0.39 is 0 Å². The molecular weight excluding hydrogens is 352 g/mol. The van der Waals surface area contributed by atoms with Crippen LogP contribution in [0.4, 0.5) is 5.69 Å². The summed E-state index contributed by atoms with van der Waals surface area (Å²) in [5.74, 6) is 0.138. The quantitative estimate of drug-likeness (QED) is 0.809. The first-order valence-electron chi connectivity index (χ1n) is 10.5. The van der Waals surface area contributed by atoms with Crippen LogP contribution >= 0.6 is 0 Å². The van der Waals surface area contributed by atoms with E-state index in [1.54, 1.807) is 0 Å². The monoisotopic (exact) mass is 380 g/mol. The third-order valence-electron chi connectivity index (χ3n) is 5.69. The van der Waals surface area contributed by atoms with Crippen LogP contribution in [-0.2, 0) is 19.4 Å². The van der Waals surface area contributed by atoms with Crippen molar-refractivity contribution in [2.24, 2.45) is 0 Å². The first-order chi connectivity index (χ1) is 13.7. The fraction of sp³-hybridized carbons (Fsp3) is 0.500. The molecule has 0 fully saturated rings. The van der Waals surface area contributed by atoms with E-state index in [9.17, 15) is 9.59 Å². The molecule has 28 heavy (non-hydrogen) atoms. The number of aryl methyl sites for hydroxylation is 1. The molecule has 0 aliphatic carbocycles. The number of anilines is 1. The lowest BCUT2D eigenvalue weighted by Crippen LogP contribution is -2.36. The number of carbonyl (C=O) groups is 2. The second kappa shape index (κ2) is 8.17. The molecule has 6 heteroatoms. The summed E-state index contributed by atoms with van der Waals surface area (Å²) in [6.45, 7) is 4.18. The topological polar surface area (TPSA) is 67.2 Å². The predicted octanol–water partition coefficient (Wildman–Crippen LogP) is 3.34. The molecule has 2 aliphatic rings. The molecule has 148 valence electrons. The molecule has 1 aromatic heterocycles. The Balaban J connectivity index is 1.67. The lowest BCUT2D eigenvalue weighted by atomic mass is 10.0.